The highest BCUT2D eigenvalue weighted by Gasteiger charge is 2.36. The van der Waals surface area contributed by atoms with E-state index in [-0.39, 0.29) is 12.0 Å². The molecule has 0 aliphatic rings. The molecule has 0 radical (unpaired) electrons. The van der Waals surface area contributed by atoms with Crippen LogP contribution in [0.4, 0.5) is 23.5 Å². The zero-order chi connectivity index (χ0) is 23.1. The summed E-state index contributed by atoms with van der Waals surface area (Å²) in [6.45, 7) is 10.3. The first-order valence-electron chi connectivity index (χ1n) is 9.96. The second kappa shape index (κ2) is 8.28. The standard InChI is InChI=1S/C22H25F4N5/c1-7-16(17-10-27-21(28-12(17)4)29-13(5)22(24,25)26)15-8-18(23)20-19(9-15)31(11(2)3)14(6)30-20/h7-11,13H,1-6H3,(H,27,28,29)/b16-7-/t13-/m1/s1. The first kappa shape index (κ1) is 22.7. The van der Waals surface area contributed by atoms with Gasteiger partial charge in [-0.25, -0.2) is 19.3 Å². The van der Waals surface area contributed by atoms with E-state index < -0.39 is 18.0 Å². The maximum Gasteiger partial charge on any atom is 0.408 e. The second-order valence-corrected chi connectivity index (χ2v) is 7.75. The van der Waals surface area contributed by atoms with Crippen molar-refractivity contribution < 1.29 is 17.6 Å². The maximum atomic E-state index is 14.9. The van der Waals surface area contributed by atoms with Crippen molar-refractivity contribution in [2.75, 3.05) is 5.32 Å². The molecule has 166 valence electrons. The minimum atomic E-state index is -4.41. The van der Waals surface area contributed by atoms with Crippen LogP contribution in [-0.4, -0.2) is 31.7 Å². The summed E-state index contributed by atoms with van der Waals surface area (Å²) < 4.78 is 55.3. The van der Waals surface area contributed by atoms with Crippen molar-refractivity contribution >= 4 is 22.6 Å². The summed E-state index contributed by atoms with van der Waals surface area (Å²) in [5, 5.41) is 2.26. The van der Waals surface area contributed by atoms with Crippen molar-refractivity contribution in [1.82, 2.24) is 19.5 Å². The molecule has 0 amide bonds. The number of nitrogens with zero attached hydrogens (tertiary/aromatic N) is 4. The van der Waals surface area contributed by atoms with Gasteiger partial charge in [-0.15, -0.1) is 0 Å². The van der Waals surface area contributed by atoms with Crippen molar-refractivity contribution in [2.45, 2.75) is 59.8 Å². The Balaban J connectivity index is 2.05. The van der Waals surface area contributed by atoms with E-state index in [0.29, 0.717) is 33.4 Å². The normalized spacial score (nSPS) is 13.8. The van der Waals surface area contributed by atoms with E-state index in [4.69, 9.17) is 0 Å². The lowest BCUT2D eigenvalue weighted by atomic mass is 9.97. The van der Waals surface area contributed by atoms with Gasteiger partial charge in [-0.2, -0.15) is 13.2 Å². The van der Waals surface area contributed by atoms with Crippen LogP contribution in [0.5, 0.6) is 0 Å². The number of alkyl halides is 3. The third kappa shape index (κ3) is 4.40. The fourth-order valence-electron chi connectivity index (χ4n) is 3.63. The summed E-state index contributed by atoms with van der Waals surface area (Å²) in [6.07, 6.45) is -1.15. The Morgan fingerprint density at radius 3 is 2.35 bits per heavy atom. The number of aromatic nitrogens is 4. The van der Waals surface area contributed by atoms with Gasteiger partial charge in [0.05, 0.1) is 11.2 Å². The molecule has 1 atom stereocenters. The van der Waals surface area contributed by atoms with Gasteiger partial charge in [-0.05, 0) is 64.8 Å². The maximum absolute atomic E-state index is 14.9. The van der Waals surface area contributed by atoms with Crippen molar-refractivity contribution in [3.8, 4) is 0 Å². The Bertz CT molecular complexity index is 1140. The first-order chi connectivity index (χ1) is 14.4. The third-order valence-electron chi connectivity index (χ3n) is 5.15. The molecule has 0 fully saturated rings. The molecule has 2 aromatic heterocycles. The number of halogens is 4. The van der Waals surface area contributed by atoms with Crippen LogP contribution in [0.1, 0.15) is 56.4 Å². The molecule has 0 aliphatic heterocycles. The summed E-state index contributed by atoms with van der Waals surface area (Å²) >= 11 is 0. The van der Waals surface area contributed by atoms with E-state index in [1.165, 1.54) is 12.3 Å². The van der Waals surface area contributed by atoms with Crippen LogP contribution in [0.3, 0.4) is 0 Å². The van der Waals surface area contributed by atoms with Crippen molar-refractivity contribution in [1.29, 1.82) is 0 Å². The predicted molar refractivity (Wildman–Crippen MR) is 113 cm³/mol. The van der Waals surface area contributed by atoms with E-state index >= 15 is 0 Å². The molecule has 9 heteroatoms. The quantitative estimate of drug-likeness (QED) is 0.501. The van der Waals surface area contributed by atoms with E-state index in [9.17, 15) is 17.6 Å². The Kier molecular flexibility index (Phi) is 6.07. The molecule has 31 heavy (non-hydrogen) atoms. The molecular formula is C22H25F4N5. The molecule has 0 unspecified atom stereocenters. The fourth-order valence-corrected chi connectivity index (χ4v) is 3.63. The van der Waals surface area contributed by atoms with Gasteiger partial charge in [0.15, 0.2) is 5.82 Å². The molecular weight excluding hydrogens is 410 g/mol. The highest BCUT2D eigenvalue weighted by Crippen LogP contribution is 2.31. The minimum absolute atomic E-state index is 0.0970. The summed E-state index contributed by atoms with van der Waals surface area (Å²) in [6, 6.07) is 1.59. The lowest BCUT2D eigenvalue weighted by Gasteiger charge is -2.18. The van der Waals surface area contributed by atoms with Gasteiger partial charge in [-0.3, -0.25) is 0 Å². The van der Waals surface area contributed by atoms with Gasteiger partial charge in [-0.1, -0.05) is 6.08 Å². The average molecular weight is 435 g/mol. The average Bonchev–Trinajstić information content (AvgIpc) is 3.00. The second-order valence-electron chi connectivity index (χ2n) is 7.75. The van der Waals surface area contributed by atoms with Gasteiger partial charge in [0.25, 0.3) is 0 Å². The van der Waals surface area contributed by atoms with Crippen molar-refractivity contribution in [3.05, 3.63) is 52.9 Å². The number of benzene rings is 1. The molecule has 0 bridgehead atoms. The van der Waals surface area contributed by atoms with E-state index in [2.05, 4.69) is 20.3 Å². The zero-order valence-electron chi connectivity index (χ0n) is 18.3. The highest BCUT2D eigenvalue weighted by atomic mass is 19.4. The van der Waals surface area contributed by atoms with Crippen molar-refractivity contribution in [3.63, 3.8) is 0 Å². The van der Waals surface area contributed by atoms with Gasteiger partial charge in [0.2, 0.25) is 5.95 Å². The summed E-state index contributed by atoms with van der Waals surface area (Å²) in [4.78, 5) is 12.6. The fraction of sp³-hybridized carbons (Fsp3) is 0.409. The Morgan fingerprint density at radius 1 is 1.13 bits per heavy atom. The first-order valence-corrected chi connectivity index (χ1v) is 9.96. The summed E-state index contributed by atoms with van der Waals surface area (Å²) in [7, 11) is 0. The van der Waals surface area contributed by atoms with Crippen LogP contribution >= 0.6 is 0 Å². The van der Waals surface area contributed by atoms with Crippen LogP contribution in [0.15, 0.2) is 24.4 Å². The monoisotopic (exact) mass is 435 g/mol. The van der Waals surface area contributed by atoms with Gasteiger partial charge in [0.1, 0.15) is 17.4 Å². The van der Waals surface area contributed by atoms with Gasteiger partial charge in [0, 0.05) is 17.8 Å². The Hall–Kier alpha value is -2.97. The van der Waals surface area contributed by atoms with E-state index in [1.807, 2.05) is 31.4 Å². The molecule has 3 aromatic rings. The molecule has 1 N–H and O–H groups in total. The molecule has 0 aliphatic carbocycles. The number of fused-ring (bicyclic) bond motifs is 1. The minimum Gasteiger partial charge on any atom is -0.343 e. The topological polar surface area (TPSA) is 55.6 Å². The molecule has 2 heterocycles. The molecule has 0 saturated carbocycles. The lowest BCUT2D eigenvalue weighted by molar-refractivity contribution is -0.138. The van der Waals surface area contributed by atoms with E-state index in [0.717, 1.165) is 12.7 Å². The Morgan fingerprint density at radius 2 is 1.81 bits per heavy atom. The number of allylic oxidation sites excluding steroid dienone is 1. The number of hydrogen-bond acceptors (Lipinski definition) is 4. The Labute approximate surface area is 178 Å². The number of aryl methyl sites for hydroxylation is 2. The number of nitrogens with one attached hydrogen (secondary N) is 1. The smallest absolute Gasteiger partial charge is 0.343 e. The van der Waals surface area contributed by atoms with Crippen LogP contribution in [0, 0.1) is 19.7 Å². The molecule has 5 nitrogen and oxygen atoms in total. The number of rotatable bonds is 5. The molecule has 3 rings (SSSR count). The molecule has 1 aromatic carbocycles. The number of hydrogen-bond donors (Lipinski definition) is 1. The number of imidazole rings is 1. The SMILES string of the molecule is C/C=C(/c1cc(F)c2nc(C)n(C(C)C)c2c1)c1cnc(N[C@H](C)C(F)(F)F)nc1C. The molecule has 0 saturated heterocycles. The van der Waals surface area contributed by atoms with Crippen LogP contribution in [0.25, 0.3) is 16.6 Å². The zero-order valence-corrected chi connectivity index (χ0v) is 18.3. The van der Waals surface area contributed by atoms with Crippen LogP contribution < -0.4 is 5.32 Å². The van der Waals surface area contributed by atoms with Crippen molar-refractivity contribution in [2.24, 2.45) is 0 Å². The number of anilines is 1. The largest absolute Gasteiger partial charge is 0.408 e. The molecule has 0 spiro atoms. The lowest BCUT2D eigenvalue weighted by Crippen LogP contribution is -2.33. The third-order valence-corrected chi connectivity index (χ3v) is 5.15. The highest BCUT2D eigenvalue weighted by molar-refractivity contribution is 5.87. The van der Waals surface area contributed by atoms with E-state index in [1.54, 1.807) is 19.9 Å². The summed E-state index contributed by atoms with van der Waals surface area (Å²) in [5.41, 5.74) is 3.37. The predicted octanol–water partition coefficient (Wildman–Crippen LogP) is 5.98. The van der Waals surface area contributed by atoms with Gasteiger partial charge >= 0.3 is 6.18 Å². The van der Waals surface area contributed by atoms with Gasteiger partial charge < -0.3 is 9.88 Å². The summed E-state index contributed by atoms with van der Waals surface area (Å²) in [5.74, 6) is 0.165. The van der Waals surface area contributed by atoms with Crippen LogP contribution in [0.2, 0.25) is 0 Å². The van der Waals surface area contributed by atoms with Crippen LogP contribution in [-0.2, 0) is 0 Å².